The average Bonchev–Trinajstić information content (AvgIpc) is 3.10. The van der Waals surface area contributed by atoms with E-state index in [1.54, 1.807) is 17.1 Å². The Morgan fingerprint density at radius 1 is 1.32 bits per heavy atom. The molecule has 1 saturated heterocycles. The van der Waals surface area contributed by atoms with Gasteiger partial charge in [0.05, 0.1) is 6.54 Å². The lowest BCUT2D eigenvalue weighted by Gasteiger charge is -2.24. The Morgan fingerprint density at radius 2 is 2.18 bits per heavy atom. The summed E-state index contributed by atoms with van der Waals surface area (Å²) in [5.74, 6) is -0.439. The first-order valence-corrected chi connectivity index (χ1v) is 7.61. The van der Waals surface area contributed by atoms with Crippen LogP contribution in [0.3, 0.4) is 0 Å². The molecule has 2 atom stereocenters. The Bertz CT molecular complexity index is 615. The molecule has 1 fully saturated rings. The molecule has 0 amide bonds. The number of nitrogens with zero attached hydrogens (tertiary/aromatic N) is 4. The fourth-order valence-corrected chi connectivity index (χ4v) is 3.14. The van der Waals surface area contributed by atoms with E-state index in [9.17, 15) is 8.78 Å². The van der Waals surface area contributed by atoms with E-state index < -0.39 is 11.6 Å². The van der Waals surface area contributed by atoms with Crippen LogP contribution in [0.4, 0.5) is 8.78 Å². The molecule has 2 aromatic rings. The minimum Gasteiger partial charge on any atom is -0.302 e. The summed E-state index contributed by atoms with van der Waals surface area (Å²) in [6, 6.07) is 3.82. The van der Waals surface area contributed by atoms with Crippen LogP contribution in [0.1, 0.15) is 24.8 Å². The Kier molecular flexibility index (Phi) is 4.47. The largest absolute Gasteiger partial charge is 0.302 e. The lowest BCUT2D eigenvalue weighted by molar-refractivity contribution is 0.285. The number of rotatable bonds is 5. The van der Waals surface area contributed by atoms with Crippen LogP contribution in [-0.4, -0.2) is 39.3 Å². The first kappa shape index (κ1) is 15.1. The van der Waals surface area contributed by atoms with Crippen molar-refractivity contribution in [3.8, 4) is 0 Å². The fraction of sp³-hybridized carbons (Fsp3) is 0.500. The van der Waals surface area contributed by atoms with Gasteiger partial charge in [-0.25, -0.2) is 13.8 Å². The van der Waals surface area contributed by atoms with E-state index in [2.05, 4.69) is 21.9 Å². The summed E-state index contributed by atoms with van der Waals surface area (Å²) in [4.78, 5) is 6.28. The third-order valence-corrected chi connectivity index (χ3v) is 4.26. The van der Waals surface area contributed by atoms with Crippen molar-refractivity contribution in [2.45, 2.75) is 25.8 Å². The van der Waals surface area contributed by atoms with E-state index in [4.69, 9.17) is 0 Å². The molecule has 0 unspecified atom stereocenters. The Morgan fingerprint density at radius 3 is 2.82 bits per heavy atom. The number of benzene rings is 1. The maximum absolute atomic E-state index is 14.2. The number of hydrogen-bond donors (Lipinski definition) is 0. The zero-order valence-corrected chi connectivity index (χ0v) is 12.6. The summed E-state index contributed by atoms with van der Waals surface area (Å²) in [5, 5.41) is 4.11. The van der Waals surface area contributed by atoms with E-state index in [-0.39, 0.29) is 5.92 Å². The highest BCUT2D eigenvalue weighted by molar-refractivity contribution is 5.23. The summed E-state index contributed by atoms with van der Waals surface area (Å²) < 4.78 is 29.0. The van der Waals surface area contributed by atoms with E-state index in [1.807, 2.05) is 0 Å². The van der Waals surface area contributed by atoms with Gasteiger partial charge in [-0.2, -0.15) is 5.10 Å². The van der Waals surface area contributed by atoms with Gasteiger partial charge in [-0.1, -0.05) is 13.0 Å². The number of halogens is 2. The predicted octanol–water partition coefficient (Wildman–Crippen LogP) is 2.68. The molecule has 1 aliphatic rings. The average molecular weight is 306 g/mol. The van der Waals surface area contributed by atoms with Crippen LogP contribution in [0.5, 0.6) is 0 Å². The summed E-state index contributed by atoms with van der Waals surface area (Å²) in [5.41, 5.74) is 0.538. The van der Waals surface area contributed by atoms with E-state index in [0.717, 1.165) is 25.7 Å². The molecule has 0 aliphatic carbocycles. The van der Waals surface area contributed by atoms with Gasteiger partial charge in [-0.3, -0.25) is 4.68 Å². The van der Waals surface area contributed by atoms with Gasteiger partial charge in [0.2, 0.25) is 0 Å². The smallest absolute Gasteiger partial charge is 0.137 e. The molecular weight excluding hydrogens is 286 g/mol. The van der Waals surface area contributed by atoms with Crippen molar-refractivity contribution in [2.24, 2.45) is 5.92 Å². The molecule has 118 valence electrons. The third-order valence-electron chi connectivity index (χ3n) is 4.26. The summed E-state index contributed by atoms with van der Waals surface area (Å²) in [6.45, 7) is 5.56. The quantitative estimate of drug-likeness (QED) is 0.851. The van der Waals surface area contributed by atoms with E-state index in [0.29, 0.717) is 18.0 Å². The highest BCUT2D eigenvalue weighted by Crippen LogP contribution is 2.25. The lowest BCUT2D eigenvalue weighted by Crippen LogP contribution is -2.29. The molecule has 0 N–H and O–H groups in total. The molecule has 6 heteroatoms. The first-order chi connectivity index (χ1) is 10.6. The normalized spacial score (nSPS) is 20.4. The van der Waals surface area contributed by atoms with Crippen molar-refractivity contribution < 1.29 is 8.78 Å². The molecule has 2 heterocycles. The number of aromatic nitrogens is 3. The molecule has 1 aliphatic heterocycles. The van der Waals surface area contributed by atoms with Crippen molar-refractivity contribution in [1.29, 1.82) is 0 Å². The Labute approximate surface area is 128 Å². The fourth-order valence-electron chi connectivity index (χ4n) is 3.14. The second kappa shape index (κ2) is 6.52. The summed E-state index contributed by atoms with van der Waals surface area (Å²) in [7, 11) is 0. The van der Waals surface area contributed by atoms with E-state index >= 15 is 0 Å². The summed E-state index contributed by atoms with van der Waals surface area (Å²) in [6.07, 6.45) is 4.26. The number of likely N-dealkylation sites (tertiary alicyclic amines) is 1. The van der Waals surface area contributed by atoms with Crippen LogP contribution in [0.25, 0.3) is 0 Å². The second-order valence-electron chi connectivity index (χ2n) is 6.13. The highest BCUT2D eigenvalue weighted by atomic mass is 19.1. The van der Waals surface area contributed by atoms with Crippen LogP contribution in [0.15, 0.2) is 30.9 Å². The van der Waals surface area contributed by atoms with Gasteiger partial charge in [0.15, 0.2) is 0 Å². The van der Waals surface area contributed by atoms with Crippen molar-refractivity contribution in [3.63, 3.8) is 0 Å². The second-order valence-corrected chi connectivity index (χ2v) is 6.13. The molecule has 0 spiro atoms. The van der Waals surface area contributed by atoms with Crippen molar-refractivity contribution in [2.75, 3.05) is 19.6 Å². The third kappa shape index (κ3) is 3.50. The first-order valence-electron chi connectivity index (χ1n) is 7.61. The van der Waals surface area contributed by atoms with Gasteiger partial charge in [0.25, 0.3) is 0 Å². The summed E-state index contributed by atoms with van der Waals surface area (Å²) >= 11 is 0. The van der Waals surface area contributed by atoms with E-state index in [1.165, 1.54) is 18.8 Å². The molecule has 0 bridgehead atoms. The van der Waals surface area contributed by atoms with Gasteiger partial charge in [-0.15, -0.1) is 0 Å². The van der Waals surface area contributed by atoms with Crippen molar-refractivity contribution in [3.05, 3.63) is 48.1 Å². The maximum atomic E-state index is 14.2. The molecule has 0 saturated carbocycles. The van der Waals surface area contributed by atoms with Gasteiger partial charge in [0.1, 0.15) is 24.3 Å². The van der Waals surface area contributed by atoms with Gasteiger partial charge in [-0.05, 0) is 30.5 Å². The van der Waals surface area contributed by atoms with Crippen LogP contribution in [0, 0.1) is 17.6 Å². The molecular formula is C16H20F2N4. The van der Waals surface area contributed by atoms with Crippen molar-refractivity contribution in [1.82, 2.24) is 19.7 Å². The van der Waals surface area contributed by atoms with Crippen LogP contribution in [-0.2, 0) is 6.54 Å². The Hall–Kier alpha value is -1.82. The van der Waals surface area contributed by atoms with Gasteiger partial charge < -0.3 is 4.90 Å². The topological polar surface area (TPSA) is 34.0 Å². The zero-order chi connectivity index (χ0) is 15.5. The highest BCUT2D eigenvalue weighted by Gasteiger charge is 2.25. The SMILES string of the molecule is C[C@@H]1CCN(C[C@H](Cn2cncn2)c2ccc(F)cc2F)C1. The van der Waals surface area contributed by atoms with Crippen molar-refractivity contribution >= 4 is 0 Å². The minimum atomic E-state index is -0.546. The molecule has 1 aromatic heterocycles. The standard InChI is InChI=1S/C16H20F2N4/c1-12-4-5-21(7-12)8-13(9-22-11-19-10-20-22)15-3-2-14(17)6-16(15)18/h2-3,6,10-13H,4-5,7-9H2,1H3/t12-,13-/m1/s1. The molecule has 3 rings (SSSR count). The van der Waals surface area contributed by atoms with Gasteiger partial charge in [0, 0.05) is 25.1 Å². The van der Waals surface area contributed by atoms with Crippen LogP contribution in [0.2, 0.25) is 0 Å². The molecule has 0 radical (unpaired) electrons. The van der Waals surface area contributed by atoms with Crippen LogP contribution >= 0.6 is 0 Å². The number of hydrogen-bond acceptors (Lipinski definition) is 3. The zero-order valence-electron chi connectivity index (χ0n) is 12.6. The molecule has 22 heavy (non-hydrogen) atoms. The van der Waals surface area contributed by atoms with Gasteiger partial charge >= 0.3 is 0 Å². The maximum Gasteiger partial charge on any atom is 0.137 e. The minimum absolute atomic E-state index is 0.0763. The Balaban J connectivity index is 1.81. The molecule has 4 nitrogen and oxygen atoms in total. The van der Waals surface area contributed by atoms with Crippen LogP contribution < -0.4 is 0 Å². The predicted molar refractivity (Wildman–Crippen MR) is 79.3 cm³/mol. The lowest BCUT2D eigenvalue weighted by atomic mass is 9.97. The molecule has 1 aromatic carbocycles. The monoisotopic (exact) mass is 306 g/mol.